The summed E-state index contributed by atoms with van der Waals surface area (Å²) in [6.45, 7) is 0.110. The number of ether oxygens (including phenoxy) is 1. The number of carbonyl (C=O) groups excluding carboxylic acids is 1. The molecule has 8 heteroatoms. The van der Waals surface area contributed by atoms with Gasteiger partial charge in [0.1, 0.15) is 11.6 Å². The van der Waals surface area contributed by atoms with Crippen LogP contribution in [-0.2, 0) is 9.53 Å². The molecule has 1 aliphatic rings. The van der Waals surface area contributed by atoms with Crippen molar-refractivity contribution in [1.29, 1.82) is 0 Å². The third-order valence-corrected chi connectivity index (χ3v) is 3.05. The number of hydrogen-bond acceptors (Lipinski definition) is 3. The van der Waals surface area contributed by atoms with Crippen LogP contribution in [0.25, 0.3) is 0 Å². The number of halogens is 2. The highest BCUT2D eigenvalue weighted by molar-refractivity contribution is 5.89. The first-order chi connectivity index (χ1) is 9.95. The van der Waals surface area contributed by atoms with Gasteiger partial charge in [0.05, 0.1) is 11.8 Å². The molecule has 2 amide bonds. The molecule has 1 aromatic rings. The fourth-order valence-corrected chi connectivity index (χ4v) is 2.00. The summed E-state index contributed by atoms with van der Waals surface area (Å²) in [5.74, 6) is -2.65. The Morgan fingerprint density at radius 1 is 1.33 bits per heavy atom. The summed E-state index contributed by atoms with van der Waals surface area (Å²) < 4.78 is 31.2. The van der Waals surface area contributed by atoms with E-state index in [1.807, 2.05) is 0 Å². The number of anilines is 1. The highest BCUT2D eigenvalue weighted by Gasteiger charge is 2.30. The van der Waals surface area contributed by atoms with E-state index in [1.54, 1.807) is 0 Å². The summed E-state index contributed by atoms with van der Waals surface area (Å²) in [5, 5.41) is 13.4. The van der Waals surface area contributed by atoms with Gasteiger partial charge in [0, 0.05) is 12.6 Å². The standard InChI is InChI=1S/C13H14F2N2O4/c14-7-1-3-10(9(15)5-7)17-13(20)16-6-8-2-4-11(21-8)12(18)19/h1,3,5,8,11H,2,4,6H2,(H,18,19)(H2,16,17,20). The maximum Gasteiger partial charge on any atom is 0.332 e. The molecule has 0 aromatic heterocycles. The Morgan fingerprint density at radius 3 is 2.71 bits per heavy atom. The van der Waals surface area contributed by atoms with Gasteiger partial charge in [-0.1, -0.05) is 0 Å². The normalized spacial score (nSPS) is 21.0. The number of carbonyl (C=O) groups is 2. The van der Waals surface area contributed by atoms with Crippen LogP contribution in [0.2, 0.25) is 0 Å². The Labute approximate surface area is 119 Å². The topological polar surface area (TPSA) is 87.7 Å². The van der Waals surface area contributed by atoms with Crippen LogP contribution in [0.4, 0.5) is 19.3 Å². The molecule has 0 bridgehead atoms. The summed E-state index contributed by atoms with van der Waals surface area (Å²) in [6, 6.07) is 2.11. The number of rotatable bonds is 4. The second kappa shape index (κ2) is 6.49. The molecule has 21 heavy (non-hydrogen) atoms. The largest absolute Gasteiger partial charge is 0.479 e. The maximum absolute atomic E-state index is 13.3. The van der Waals surface area contributed by atoms with Gasteiger partial charge < -0.3 is 20.5 Å². The van der Waals surface area contributed by atoms with Gasteiger partial charge in [-0.05, 0) is 25.0 Å². The van der Waals surface area contributed by atoms with E-state index in [-0.39, 0.29) is 12.2 Å². The van der Waals surface area contributed by atoms with Crippen molar-refractivity contribution in [2.45, 2.75) is 25.0 Å². The highest BCUT2D eigenvalue weighted by Crippen LogP contribution is 2.19. The number of carboxylic acids is 1. The minimum atomic E-state index is -1.03. The zero-order valence-electron chi connectivity index (χ0n) is 10.9. The lowest BCUT2D eigenvalue weighted by Crippen LogP contribution is -2.36. The van der Waals surface area contributed by atoms with Gasteiger partial charge >= 0.3 is 12.0 Å². The first-order valence-corrected chi connectivity index (χ1v) is 6.34. The second-order valence-corrected chi connectivity index (χ2v) is 4.62. The second-order valence-electron chi connectivity index (χ2n) is 4.62. The first-order valence-electron chi connectivity index (χ1n) is 6.34. The van der Waals surface area contributed by atoms with Crippen molar-refractivity contribution in [3.63, 3.8) is 0 Å². The number of benzene rings is 1. The van der Waals surface area contributed by atoms with Gasteiger partial charge in [-0.25, -0.2) is 18.4 Å². The van der Waals surface area contributed by atoms with E-state index in [2.05, 4.69) is 10.6 Å². The highest BCUT2D eigenvalue weighted by atomic mass is 19.1. The van der Waals surface area contributed by atoms with Gasteiger partial charge in [-0.15, -0.1) is 0 Å². The number of urea groups is 1. The zero-order chi connectivity index (χ0) is 15.4. The van der Waals surface area contributed by atoms with E-state index in [1.165, 1.54) is 0 Å². The van der Waals surface area contributed by atoms with Gasteiger partial charge in [0.25, 0.3) is 0 Å². The Hall–Kier alpha value is -2.22. The van der Waals surface area contributed by atoms with E-state index in [0.717, 1.165) is 12.1 Å². The van der Waals surface area contributed by atoms with Gasteiger partial charge in [0.2, 0.25) is 0 Å². The molecule has 0 radical (unpaired) electrons. The molecule has 2 unspecified atom stereocenters. The van der Waals surface area contributed by atoms with Gasteiger partial charge in [0.15, 0.2) is 6.10 Å². The molecule has 0 spiro atoms. The number of amides is 2. The molecule has 1 fully saturated rings. The summed E-state index contributed by atoms with van der Waals surface area (Å²) in [6.07, 6.45) is -0.345. The van der Waals surface area contributed by atoms with E-state index < -0.39 is 35.8 Å². The van der Waals surface area contributed by atoms with Crippen LogP contribution in [-0.4, -0.2) is 35.9 Å². The molecule has 0 saturated carbocycles. The van der Waals surface area contributed by atoms with Crippen molar-refractivity contribution in [3.05, 3.63) is 29.8 Å². The predicted octanol–water partition coefficient (Wildman–Crippen LogP) is 1.72. The van der Waals surface area contributed by atoms with Crippen LogP contribution in [0.3, 0.4) is 0 Å². The SMILES string of the molecule is O=C(NCC1CCC(C(=O)O)O1)Nc1ccc(F)cc1F. The van der Waals surface area contributed by atoms with Crippen LogP contribution >= 0.6 is 0 Å². The first kappa shape index (κ1) is 15.2. The maximum atomic E-state index is 13.3. The minimum absolute atomic E-state index is 0.110. The fraction of sp³-hybridized carbons (Fsp3) is 0.385. The van der Waals surface area contributed by atoms with Crippen LogP contribution in [0, 0.1) is 11.6 Å². The summed E-state index contributed by atoms with van der Waals surface area (Å²) >= 11 is 0. The predicted molar refractivity (Wildman–Crippen MR) is 68.9 cm³/mol. The average molecular weight is 300 g/mol. The lowest BCUT2D eigenvalue weighted by atomic mass is 10.2. The molecule has 0 aliphatic carbocycles. The minimum Gasteiger partial charge on any atom is -0.479 e. The summed E-state index contributed by atoms with van der Waals surface area (Å²) in [7, 11) is 0. The van der Waals surface area contributed by atoms with Crippen molar-refractivity contribution in [3.8, 4) is 0 Å². The molecule has 2 atom stereocenters. The number of carboxylic acid groups (broad SMARTS) is 1. The molecular weight excluding hydrogens is 286 g/mol. The van der Waals surface area contributed by atoms with E-state index in [4.69, 9.17) is 9.84 Å². The third-order valence-electron chi connectivity index (χ3n) is 3.05. The molecule has 6 nitrogen and oxygen atoms in total. The van der Waals surface area contributed by atoms with Crippen molar-refractivity contribution in [2.75, 3.05) is 11.9 Å². The number of aliphatic carboxylic acids is 1. The van der Waals surface area contributed by atoms with Crippen LogP contribution in [0.1, 0.15) is 12.8 Å². The van der Waals surface area contributed by atoms with Gasteiger partial charge in [-0.2, -0.15) is 0 Å². The smallest absolute Gasteiger partial charge is 0.332 e. The quantitative estimate of drug-likeness (QED) is 0.790. The molecule has 1 saturated heterocycles. The van der Waals surface area contributed by atoms with Crippen molar-refractivity contribution in [1.82, 2.24) is 5.32 Å². The van der Waals surface area contributed by atoms with E-state index in [9.17, 15) is 18.4 Å². The Bertz CT molecular complexity index is 553. The van der Waals surface area contributed by atoms with Crippen molar-refractivity contribution < 1.29 is 28.2 Å². The van der Waals surface area contributed by atoms with Gasteiger partial charge in [-0.3, -0.25) is 0 Å². The Morgan fingerprint density at radius 2 is 2.10 bits per heavy atom. The average Bonchev–Trinajstić information content (AvgIpc) is 2.89. The lowest BCUT2D eigenvalue weighted by molar-refractivity contribution is -0.149. The molecule has 1 aliphatic heterocycles. The Kier molecular flexibility index (Phi) is 4.69. The molecule has 3 N–H and O–H groups in total. The van der Waals surface area contributed by atoms with E-state index >= 15 is 0 Å². The van der Waals surface area contributed by atoms with Crippen LogP contribution in [0.15, 0.2) is 18.2 Å². The molecule has 2 rings (SSSR count). The lowest BCUT2D eigenvalue weighted by Gasteiger charge is -2.13. The fourth-order valence-electron chi connectivity index (χ4n) is 2.00. The number of hydrogen-bond donors (Lipinski definition) is 3. The molecule has 1 heterocycles. The number of nitrogens with one attached hydrogen (secondary N) is 2. The van der Waals surface area contributed by atoms with Crippen molar-refractivity contribution >= 4 is 17.7 Å². The summed E-state index contributed by atoms with van der Waals surface area (Å²) in [5.41, 5.74) is -0.148. The summed E-state index contributed by atoms with van der Waals surface area (Å²) in [4.78, 5) is 22.3. The molecule has 1 aromatic carbocycles. The zero-order valence-corrected chi connectivity index (χ0v) is 10.9. The van der Waals surface area contributed by atoms with Crippen LogP contribution in [0.5, 0.6) is 0 Å². The molecule has 114 valence electrons. The monoisotopic (exact) mass is 300 g/mol. The van der Waals surface area contributed by atoms with Crippen LogP contribution < -0.4 is 10.6 Å². The van der Waals surface area contributed by atoms with E-state index in [0.29, 0.717) is 18.9 Å². The Balaban J connectivity index is 1.79. The van der Waals surface area contributed by atoms with Crippen molar-refractivity contribution in [2.24, 2.45) is 0 Å². The third kappa shape index (κ3) is 4.12. The molecular formula is C13H14F2N2O4.